The first-order valence-electron chi connectivity index (χ1n) is 7.19. The molecular formula is C15H23NaO4S. The second-order valence-electron chi connectivity index (χ2n) is 5.12. The van der Waals surface area contributed by atoms with E-state index in [0.29, 0.717) is 12.2 Å². The molecule has 0 spiro atoms. The van der Waals surface area contributed by atoms with Gasteiger partial charge in [0.25, 0.3) is 0 Å². The van der Waals surface area contributed by atoms with Crippen LogP contribution < -0.4 is 29.6 Å². The predicted octanol–water partition coefficient (Wildman–Crippen LogP) is 0.215. The molecular weight excluding hydrogens is 299 g/mol. The molecule has 0 aliphatic heterocycles. The van der Waals surface area contributed by atoms with Crippen molar-refractivity contribution in [3.05, 3.63) is 29.8 Å². The molecule has 0 bridgehead atoms. The maximum absolute atomic E-state index is 10.4. The van der Waals surface area contributed by atoms with Gasteiger partial charge in [-0.15, -0.1) is 0 Å². The zero-order valence-electron chi connectivity index (χ0n) is 12.8. The van der Waals surface area contributed by atoms with E-state index in [4.69, 9.17) is 0 Å². The van der Waals surface area contributed by atoms with Gasteiger partial charge in [-0.2, -0.15) is 0 Å². The number of aryl methyl sites for hydroxylation is 1. The summed E-state index contributed by atoms with van der Waals surface area (Å²) in [5, 5.41) is 9.60. The molecule has 0 saturated heterocycles. The molecule has 0 aliphatic carbocycles. The van der Waals surface area contributed by atoms with Gasteiger partial charge in [0, 0.05) is 5.75 Å². The van der Waals surface area contributed by atoms with E-state index in [9.17, 15) is 18.1 Å². The number of phenols is 1. The molecule has 0 saturated carbocycles. The average Bonchev–Trinajstić information content (AvgIpc) is 2.37. The second-order valence-corrected chi connectivity index (χ2v) is 6.64. The van der Waals surface area contributed by atoms with E-state index in [1.807, 2.05) is 18.2 Å². The van der Waals surface area contributed by atoms with Crippen LogP contribution in [0.1, 0.15) is 50.5 Å². The largest absolute Gasteiger partial charge is 1.00 e. The molecule has 114 valence electrons. The Kier molecular flexibility index (Phi) is 11.5. The fraction of sp³-hybridized carbons (Fsp3) is 0.600. The van der Waals surface area contributed by atoms with E-state index in [2.05, 4.69) is 0 Å². The average molecular weight is 322 g/mol. The van der Waals surface area contributed by atoms with Crippen LogP contribution in [-0.2, 0) is 16.5 Å². The van der Waals surface area contributed by atoms with Gasteiger partial charge in [0.15, 0.2) is 0 Å². The molecule has 0 radical (unpaired) electrons. The Balaban J connectivity index is 0.00000400. The van der Waals surface area contributed by atoms with Crippen molar-refractivity contribution in [2.24, 2.45) is 0 Å². The molecule has 1 aromatic carbocycles. The molecule has 0 aromatic heterocycles. The first-order valence-corrected chi connectivity index (χ1v) is 8.77. The number of hydrogen-bond donors (Lipinski definition) is 1. The van der Waals surface area contributed by atoms with Crippen LogP contribution in [0.25, 0.3) is 0 Å². The van der Waals surface area contributed by atoms with E-state index in [1.54, 1.807) is 6.07 Å². The quantitative estimate of drug-likeness (QED) is 0.380. The predicted molar refractivity (Wildman–Crippen MR) is 78.7 cm³/mol. The van der Waals surface area contributed by atoms with Crippen molar-refractivity contribution in [3.63, 3.8) is 0 Å². The number of rotatable bonds is 10. The molecule has 0 fully saturated rings. The Labute approximate surface area is 150 Å². The van der Waals surface area contributed by atoms with Crippen LogP contribution in [-0.4, -0.2) is 23.8 Å². The summed E-state index contributed by atoms with van der Waals surface area (Å²) in [5.74, 6) is 0.131. The summed E-state index contributed by atoms with van der Waals surface area (Å²) in [7, 11) is -4.03. The molecule has 0 unspecified atom stereocenters. The van der Waals surface area contributed by atoms with Crippen molar-refractivity contribution in [3.8, 4) is 5.75 Å². The first kappa shape index (κ1) is 20.9. The van der Waals surface area contributed by atoms with Gasteiger partial charge < -0.3 is 9.66 Å². The monoisotopic (exact) mass is 322 g/mol. The van der Waals surface area contributed by atoms with Crippen LogP contribution >= 0.6 is 0 Å². The molecule has 1 aromatic rings. The molecule has 0 atom stereocenters. The van der Waals surface area contributed by atoms with Gasteiger partial charge in [-0.3, -0.25) is 0 Å². The fourth-order valence-electron chi connectivity index (χ4n) is 2.20. The SMILES string of the molecule is O=S(=O)([O-])CCCCCCCCCc1ccccc1O.[Na+]. The fourth-order valence-corrected chi connectivity index (χ4v) is 2.76. The standard InChI is InChI=1S/C15H24O4S.Na/c16-15-12-8-7-11-14(15)10-6-4-2-1-3-5-9-13-20(17,18)19;/h7-8,11-12,16H,1-6,9-10,13H2,(H,17,18,19);/q;+1/p-1. The second kappa shape index (κ2) is 11.5. The summed E-state index contributed by atoms with van der Waals surface area (Å²) >= 11 is 0. The van der Waals surface area contributed by atoms with E-state index < -0.39 is 10.1 Å². The van der Waals surface area contributed by atoms with Gasteiger partial charge in [-0.05, 0) is 30.9 Å². The number of benzene rings is 1. The van der Waals surface area contributed by atoms with E-state index in [1.165, 1.54) is 0 Å². The molecule has 21 heavy (non-hydrogen) atoms. The summed E-state index contributed by atoms with van der Waals surface area (Å²) in [4.78, 5) is 0. The molecule has 0 heterocycles. The van der Waals surface area contributed by atoms with Gasteiger partial charge >= 0.3 is 29.6 Å². The molecule has 1 N–H and O–H groups in total. The zero-order chi connectivity index (χ0) is 14.8. The van der Waals surface area contributed by atoms with Crippen molar-refractivity contribution in [2.45, 2.75) is 51.4 Å². The van der Waals surface area contributed by atoms with Crippen LogP contribution in [0.5, 0.6) is 5.75 Å². The van der Waals surface area contributed by atoms with Crippen LogP contribution in [0, 0.1) is 0 Å². The van der Waals surface area contributed by atoms with Crippen LogP contribution in [0.3, 0.4) is 0 Å². The summed E-state index contributed by atoms with van der Waals surface area (Å²) in [6, 6.07) is 7.40. The summed E-state index contributed by atoms with van der Waals surface area (Å²) in [6.07, 6.45) is 7.48. The van der Waals surface area contributed by atoms with E-state index in [0.717, 1.165) is 50.5 Å². The number of para-hydroxylation sites is 1. The van der Waals surface area contributed by atoms with Crippen molar-refractivity contribution in [2.75, 3.05) is 5.75 Å². The topological polar surface area (TPSA) is 77.4 Å². The molecule has 4 nitrogen and oxygen atoms in total. The van der Waals surface area contributed by atoms with Crippen molar-refractivity contribution in [1.29, 1.82) is 0 Å². The maximum Gasteiger partial charge on any atom is 1.00 e. The Morgan fingerprint density at radius 3 is 2.00 bits per heavy atom. The third-order valence-corrected chi connectivity index (χ3v) is 4.12. The van der Waals surface area contributed by atoms with Crippen LogP contribution in [0.2, 0.25) is 0 Å². The minimum absolute atomic E-state index is 0. The number of unbranched alkanes of at least 4 members (excludes halogenated alkanes) is 6. The van der Waals surface area contributed by atoms with Crippen LogP contribution in [0.4, 0.5) is 0 Å². The minimum atomic E-state index is -4.03. The van der Waals surface area contributed by atoms with Crippen LogP contribution in [0.15, 0.2) is 24.3 Å². The van der Waals surface area contributed by atoms with E-state index >= 15 is 0 Å². The Morgan fingerprint density at radius 1 is 0.905 bits per heavy atom. The molecule has 0 aliphatic rings. The summed E-state index contributed by atoms with van der Waals surface area (Å²) in [5.41, 5.74) is 0.994. The van der Waals surface area contributed by atoms with Gasteiger partial charge in [-0.25, -0.2) is 8.42 Å². The number of hydrogen-bond acceptors (Lipinski definition) is 4. The first-order chi connectivity index (χ1) is 9.49. The smallest absolute Gasteiger partial charge is 0.748 e. The Hall–Kier alpha value is -0.0700. The van der Waals surface area contributed by atoms with Gasteiger partial charge in [0.2, 0.25) is 0 Å². The van der Waals surface area contributed by atoms with Gasteiger partial charge in [0.1, 0.15) is 5.75 Å². The minimum Gasteiger partial charge on any atom is -0.748 e. The van der Waals surface area contributed by atoms with Crippen molar-refractivity contribution in [1.82, 2.24) is 0 Å². The van der Waals surface area contributed by atoms with Gasteiger partial charge in [-0.1, -0.05) is 50.3 Å². The normalized spacial score (nSPS) is 11.1. The zero-order valence-corrected chi connectivity index (χ0v) is 15.6. The Morgan fingerprint density at radius 2 is 1.43 bits per heavy atom. The molecule has 0 amide bonds. The van der Waals surface area contributed by atoms with Crippen molar-refractivity contribution >= 4 is 10.1 Å². The number of phenolic OH excluding ortho intramolecular Hbond substituents is 1. The molecule has 1 rings (SSSR count). The third kappa shape index (κ3) is 11.2. The molecule has 6 heteroatoms. The number of aromatic hydroxyl groups is 1. The third-order valence-electron chi connectivity index (χ3n) is 3.33. The summed E-state index contributed by atoms with van der Waals surface area (Å²) < 4.78 is 31.2. The Bertz CT molecular complexity index is 488. The maximum atomic E-state index is 10.4. The summed E-state index contributed by atoms with van der Waals surface area (Å²) in [6.45, 7) is 0. The van der Waals surface area contributed by atoms with Gasteiger partial charge in [0.05, 0.1) is 10.1 Å². The van der Waals surface area contributed by atoms with E-state index in [-0.39, 0.29) is 35.3 Å². The van der Waals surface area contributed by atoms with Crippen molar-refractivity contribution < 1.29 is 47.6 Å².